The predicted octanol–water partition coefficient (Wildman–Crippen LogP) is 5.33. The van der Waals surface area contributed by atoms with Crippen molar-refractivity contribution in [1.82, 2.24) is 4.98 Å². The maximum Gasteiger partial charge on any atom is 0.124 e. The fourth-order valence-electron chi connectivity index (χ4n) is 1.61. The molecule has 17 heavy (non-hydrogen) atoms. The van der Waals surface area contributed by atoms with Crippen molar-refractivity contribution in [3.05, 3.63) is 50.5 Å². The zero-order chi connectivity index (χ0) is 11.8. The molecule has 0 atom stereocenters. The van der Waals surface area contributed by atoms with Crippen LogP contribution in [0.4, 0.5) is 0 Å². The van der Waals surface area contributed by atoms with E-state index in [2.05, 4.69) is 73.8 Å². The van der Waals surface area contributed by atoms with Crippen LogP contribution < -0.4 is 0 Å². The number of hydrogen-bond acceptors (Lipinski definition) is 2. The summed E-state index contributed by atoms with van der Waals surface area (Å²) in [4.78, 5) is 4.65. The van der Waals surface area contributed by atoms with Gasteiger partial charge in [-0.2, -0.15) is 0 Å². The minimum atomic E-state index is 1.06. The van der Waals surface area contributed by atoms with Crippen LogP contribution >= 0.6 is 49.9 Å². The van der Waals surface area contributed by atoms with E-state index in [0.717, 1.165) is 15.0 Å². The van der Waals surface area contributed by atoms with Crippen molar-refractivity contribution in [2.45, 2.75) is 0 Å². The highest BCUT2D eigenvalue weighted by atomic mass is 127. The first kappa shape index (κ1) is 11.6. The average molecular weight is 416 g/mol. The van der Waals surface area contributed by atoms with Gasteiger partial charge < -0.3 is 0 Å². The van der Waals surface area contributed by atoms with Gasteiger partial charge in [0.25, 0.3) is 0 Å². The van der Waals surface area contributed by atoms with Gasteiger partial charge in [0.1, 0.15) is 5.01 Å². The van der Waals surface area contributed by atoms with E-state index < -0.39 is 0 Å². The fourth-order valence-corrected chi connectivity index (χ4v) is 3.50. The SMILES string of the molecule is Brc1ccc2nc(-c3ccc(I)cc3)sc2c1. The summed E-state index contributed by atoms with van der Waals surface area (Å²) in [5.74, 6) is 0. The second kappa shape index (κ2) is 4.66. The van der Waals surface area contributed by atoms with Gasteiger partial charge in [0.05, 0.1) is 10.2 Å². The van der Waals surface area contributed by atoms with Gasteiger partial charge in [0, 0.05) is 13.6 Å². The summed E-state index contributed by atoms with van der Waals surface area (Å²) >= 11 is 7.52. The molecule has 0 unspecified atom stereocenters. The Bertz CT molecular complexity index is 675. The quantitative estimate of drug-likeness (QED) is 0.489. The molecule has 0 N–H and O–H groups in total. The van der Waals surface area contributed by atoms with E-state index in [1.165, 1.54) is 13.8 Å². The molecule has 2 aromatic carbocycles. The molecule has 0 aliphatic rings. The van der Waals surface area contributed by atoms with Gasteiger partial charge in [0.15, 0.2) is 0 Å². The zero-order valence-electron chi connectivity index (χ0n) is 8.65. The van der Waals surface area contributed by atoms with E-state index in [1.807, 2.05) is 12.1 Å². The van der Waals surface area contributed by atoms with Crippen molar-refractivity contribution in [3.8, 4) is 10.6 Å². The van der Waals surface area contributed by atoms with Crippen LogP contribution in [0.15, 0.2) is 46.9 Å². The van der Waals surface area contributed by atoms with Gasteiger partial charge in [-0.25, -0.2) is 4.98 Å². The van der Waals surface area contributed by atoms with E-state index in [-0.39, 0.29) is 0 Å². The number of fused-ring (bicyclic) bond motifs is 1. The van der Waals surface area contributed by atoms with Gasteiger partial charge in [-0.15, -0.1) is 11.3 Å². The minimum Gasteiger partial charge on any atom is -0.236 e. The highest BCUT2D eigenvalue weighted by molar-refractivity contribution is 14.1. The molecule has 0 saturated heterocycles. The average Bonchev–Trinajstić information content (AvgIpc) is 2.72. The van der Waals surface area contributed by atoms with E-state index in [0.29, 0.717) is 0 Å². The molecular weight excluding hydrogens is 409 g/mol. The van der Waals surface area contributed by atoms with E-state index in [4.69, 9.17) is 0 Å². The van der Waals surface area contributed by atoms with Crippen LogP contribution in [0.2, 0.25) is 0 Å². The molecule has 0 amide bonds. The molecular formula is C13H7BrINS. The normalized spacial score (nSPS) is 10.9. The number of benzene rings is 2. The number of aromatic nitrogens is 1. The van der Waals surface area contributed by atoms with Gasteiger partial charge in [-0.05, 0) is 52.9 Å². The Morgan fingerprint density at radius 2 is 1.82 bits per heavy atom. The number of thiazole rings is 1. The van der Waals surface area contributed by atoms with Crippen LogP contribution in [-0.2, 0) is 0 Å². The lowest BCUT2D eigenvalue weighted by Crippen LogP contribution is -1.76. The first-order chi connectivity index (χ1) is 8.22. The molecule has 3 aromatic rings. The van der Waals surface area contributed by atoms with Gasteiger partial charge in [-0.3, -0.25) is 0 Å². The van der Waals surface area contributed by atoms with Crippen molar-refractivity contribution in [3.63, 3.8) is 0 Å². The first-order valence-corrected chi connectivity index (χ1v) is 7.73. The summed E-state index contributed by atoms with van der Waals surface area (Å²) < 4.78 is 3.56. The third-order valence-corrected chi connectivity index (χ3v) is 4.72. The molecule has 4 heteroatoms. The first-order valence-electron chi connectivity index (χ1n) is 5.04. The topological polar surface area (TPSA) is 12.9 Å². The van der Waals surface area contributed by atoms with Crippen molar-refractivity contribution < 1.29 is 0 Å². The maximum atomic E-state index is 4.65. The summed E-state index contributed by atoms with van der Waals surface area (Å²) in [5, 5.41) is 1.08. The number of rotatable bonds is 1. The Balaban J connectivity index is 2.14. The van der Waals surface area contributed by atoms with Gasteiger partial charge in [0.2, 0.25) is 0 Å². The van der Waals surface area contributed by atoms with E-state index in [1.54, 1.807) is 11.3 Å². The molecule has 1 nitrogen and oxygen atoms in total. The lowest BCUT2D eigenvalue weighted by Gasteiger charge is -1.94. The standard InChI is InChI=1S/C13H7BrINS/c14-9-3-6-11-12(7-9)17-13(16-11)8-1-4-10(15)5-2-8/h1-7H. The number of hydrogen-bond donors (Lipinski definition) is 0. The lowest BCUT2D eigenvalue weighted by molar-refractivity contribution is 1.47. The number of halogens is 2. The van der Waals surface area contributed by atoms with Crippen LogP contribution in [0.25, 0.3) is 20.8 Å². The second-order valence-electron chi connectivity index (χ2n) is 3.64. The Kier molecular flexibility index (Phi) is 3.19. The van der Waals surface area contributed by atoms with E-state index in [9.17, 15) is 0 Å². The molecule has 0 aliphatic heterocycles. The summed E-state index contributed by atoms with van der Waals surface area (Å²) in [7, 11) is 0. The Labute approximate surface area is 125 Å². The maximum absolute atomic E-state index is 4.65. The third kappa shape index (κ3) is 2.39. The molecule has 0 fully saturated rings. The van der Waals surface area contributed by atoms with Crippen LogP contribution in [-0.4, -0.2) is 4.98 Å². The summed E-state index contributed by atoms with van der Waals surface area (Å²) in [6, 6.07) is 14.6. The fraction of sp³-hybridized carbons (Fsp3) is 0. The molecule has 1 heterocycles. The molecule has 84 valence electrons. The Morgan fingerprint density at radius 3 is 2.59 bits per heavy atom. The van der Waals surface area contributed by atoms with Crippen LogP contribution in [0.1, 0.15) is 0 Å². The largest absolute Gasteiger partial charge is 0.236 e. The third-order valence-electron chi connectivity index (χ3n) is 2.44. The summed E-state index contributed by atoms with van der Waals surface area (Å²) in [5.41, 5.74) is 2.24. The van der Waals surface area contributed by atoms with Crippen molar-refractivity contribution in [1.29, 1.82) is 0 Å². The predicted molar refractivity (Wildman–Crippen MR) is 85.5 cm³/mol. The van der Waals surface area contributed by atoms with Gasteiger partial charge >= 0.3 is 0 Å². The smallest absolute Gasteiger partial charge is 0.124 e. The minimum absolute atomic E-state index is 1.06. The van der Waals surface area contributed by atoms with Crippen LogP contribution in [0.5, 0.6) is 0 Å². The molecule has 0 saturated carbocycles. The Morgan fingerprint density at radius 1 is 1.06 bits per heavy atom. The molecule has 0 bridgehead atoms. The highest BCUT2D eigenvalue weighted by Crippen LogP contribution is 2.31. The monoisotopic (exact) mass is 415 g/mol. The molecule has 3 rings (SSSR count). The number of nitrogens with zero attached hydrogens (tertiary/aromatic N) is 1. The lowest BCUT2D eigenvalue weighted by atomic mass is 10.2. The second-order valence-corrected chi connectivity index (χ2v) is 6.83. The highest BCUT2D eigenvalue weighted by Gasteiger charge is 2.06. The van der Waals surface area contributed by atoms with E-state index >= 15 is 0 Å². The molecule has 0 radical (unpaired) electrons. The van der Waals surface area contributed by atoms with Crippen LogP contribution in [0.3, 0.4) is 0 Å². The Hall–Kier alpha value is -0.460. The zero-order valence-corrected chi connectivity index (χ0v) is 13.2. The van der Waals surface area contributed by atoms with Crippen LogP contribution in [0, 0.1) is 3.57 Å². The molecule has 0 aliphatic carbocycles. The van der Waals surface area contributed by atoms with Crippen molar-refractivity contribution >= 4 is 60.1 Å². The molecule has 0 spiro atoms. The molecule has 1 aromatic heterocycles. The summed E-state index contributed by atoms with van der Waals surface area (Å²) in [6.07, 6.45) is 0. The van der Waals surface area contributed by atoms with Crippen molar-refractivity contribution in [2.24, 2.45) is 0 Å². The summed E-state index contributed by atoms with van der Waals surface area (Å²) in [6.45, 7) is 0. The van der Waals surface area contributed by atoms with Crippen molar-refractivity contribution in [2.75, 3.05) is 0 Å². The van der Waals surface area contributed by atoms with Gasteiger partial charge in [-0.1, -0.05) is 28.1 Å².